The molecule has 18 heavy (non-hydrogen) atoms. The van der Waals surface area contributed by atoms with Gasteiger partial charge in [0.25, 0.3) is 0 Å². The van der Waals surface area contributed by atoms with Gasteiger partial charge in [-0.1, -0.05) is 12.1 Å². The number of Topliss-reactive ketones (excluding diaryl/α,β-unsaturated/α-hetero) is 1. The molecule has 0 unspecified atom stereocenters. The van der Waals surface area contributed by atoms with E-state index in [0.717, 1.165) is 0 Å². The summed E-state index contributed by atoms with van der Waals surface area (Å²) in [5.41, 5.74) is 0.708. The monoisotopic (exact) mass is 249 g/mol. The lowest BCUT2D eigenvalue weighted by Gasteiger charge is -2.08. The minimum Gasteiger partial charge on any atom is -0.466 e. The van der Waals surface area contributed by atoms with E-state index >= 15 is 0 Å². The number of benzene rings is 1. The van der Waals surface area contributed by atoms with E-state index in [1.807, 2.05) is 0 Å². The number of para-hydroxylation sites is 1. The number of carbonyl (C=O) groups is 3. The minimum absolute atomic E-state index is 0.236. The van der Waals surface area contributed by atoms with E-state index in [1.54, 1.807) is 31.2 Å². The Bertz CT molecular complexity index is 468. The summed E-state index contributed by atoms with van der Waals surface area (Å²) >= 11 is 0. The van der Waals surface area contributed by atoms with Crippen molar-refractivity contribution in [1.82, 2.24) is 0 Å². The lowest BCUT2D eigenvalue weighted by Crippen LogP contribution is -2.15. The number of esters is 1. The second-order valence-electron chi connectivity index (χ2n) is 3.63. The summed E-state index contributed by atoms with van der Waals surface area (Å²) in [4.78, 5) is 34.1. The number of ketones is 1. The molecular formula is C13H15NO4. The van der Waals surface area contributed by atoms with Crippen LogP contribution in [0.1, 0.15) is 30.6 Å². The first-order valence-electron chi connectivity index (χ1n) is 5.60. The highest BCUT2D eigenvalue weighted by atomic mass is 16.5. The van der Waals surface area contributed by atoms with Crippen LogP contribution in [-0.4, -0.2) is 24.3 Å². The summed E-state index contributed by atoms with van der Waals surface area (Å²) < 4.78 is 4.71. The van der Waals surface area contributed by atoms with E-state index in [9.17, 15) is 14.4 Å². The maximum Gasteiger partial charge on any atom is 0.313 e. The predicted octanol–water partition coefficient (Wildman–Crippen LogP) is 1.78. The highest BCUT2D eigenvalue weighted by Crippen LogP contribution is 2.17. The van der Waals surface area contributed by atoms with Crippen LogP contribution < -0.4 is 5.32 Å². The topological polar surface area (TPSA) is 72.5 Å². The van der Waals surface area contributed by atoms with Gasteiger partial charge in [-0.25, -0.2) is 0 Å². The zero-order valence-corrected chi connectivity index (χ0v) is 10.4. The molecule has 0 saturated heterocycles. The van der Waals surface area contributed by atoms with Crippen molar-refractivity contribution in [2.75, 3.05) is 11.9 Å². The molecule has 0 heterocycles. The Morgan fingerprint density at radius 3 is 2.50 bits per heavy atom. The molecule has 0 radical (unpaired) electrons. The number of hydrogen-bond donors (Lipinski definition) is 1. The molecule has 96 valence electrons. The second kappa shape index (κ2) is 6.54. The SMILES string of the molecule is CCOC(=O)CC(=O)c1ccccc1NC(C)=O. The average molecular weight is 249 g/mol. The molecular weight excluding hydrogens is 234 g/mol. The molecule has 1 N–H and O–H groups in total. The van der Waals surface area contributed by atoms with Crippen LogP contribution in [0.15, 0.2) is 24.3 Å². The van der Waals surface area contributed by atoms with Crippen LogP contribution >= 0.6 is 0 Å². The number of anilines is 1. The highest BCUT2D eigenvalue weighted by Gasteiger charge is 2.16. The molecule has 0 aliphatic heterocycles. The van der Waals surface area contributed by atoms with Crippen molar-refractivity contribution >= 4 is 23.3 Å². The Kier molecular flexibility index (Phi) is 5.05. The van der Waals surface area contributed by atoms with Gasteiger partial charge < -0.3 is 10.1 Å². The number of hydrogen-bond acceptors (Lipinski definition) is 4. The zero-order valence-electron chi connectivity index (χ0n) is 10.4. The van der Waals surface area contributed by atoms with Gasteiger partial charge in [0, 0.05) is 12.5 Å². The lowest BCUT2D eigenvalue weighted by atomic mass is 10.1. The van der Waals surface area contributed by atoms with Crippen LogP contribution in [0, 0.1) is 0 Å². The molecule has 0 bridgehead atoms. The number of amides is 1. The van der Waals surface area contributed by atoms with Crippen LogP contribution in [0.25, 0.3) is 0 Å². The Hall–Kier alpha value is -2.17. The Labute approximate surface area is 105 Å². The smallest absolute Gasteiger partial charge is 0.313 e. The quantitative estimate of drug-likeness (QED) is 0.490. The van der Waals surface area contributed by atoms with E-state index < -0.39 is 5.97 Å². The van der Waals surface area contributed by atoms with Gasteiger partial charge in [-0.05, 0) is 19.1 Å². The largest absolute Gasteiger partial charge is 0.466 e. The molecule has 0 fully saturated rings. The third-order valence-electron chi connectivity index (χ3n) is 2.15. The van der Waals surface area contributed by atoms with Crippen molar-refractivity contribution in [3.05, 3.63) is 29.8 Å². The van der Waals surface area contributed by atoms with Gasteiger partial charge in [-0.15, -0.1) is 0 Å². The van der Waals surface area contributed by atoms with Crippen molar-refractivity contribution < 1.29 is 19.1 Å². The van der Waals surface area contributed by atoms with Crippen LogP contribution in [0.2, 0.25) is 0 Å². The summed E-state index contributed by atoms with van der Waals surface area (Å²) in [6, 6.07) is 6.54. The summed E-state index contributed by atoms with van der Waals surface area (Å²) in [6.07, 6.45) is -0.329. The summed E-state index contributed by atoms with van der Waals surface area (Å²) in [5.74, 6) is -1.22. The van der Waals surface area contributed by atoms with Crippen molar-refractivity contribution in [3.8, 4) is 0 Å². The average Bonchev–Trinajstić information content (AvgIpc) is 2.28. The second-order valence-corrected chi connectivity index (χ2v) is 3.63. The Morgan fingerprint density at radius 1 is 1.22 bits per heavy atom. The first kappa shape index (κ1) is 13.9. The molecule has 0 aliphatic carbocycles. The molecule has 1 aromatic carbocycles. The highest BCUT2D eigenvalue weighted by molar-refractivity contribution is 6.10. The summed E-state index contributed by atoms with van der Waals surface area (Å²) in [5, 5.41) is 2.55. The van der Waals surface area contributed by atoms with E-state index in [-0.39, 0.29) is 24.7 Å². The Morgan fingerprint density at radius 2 is 1.89 bits per heavy atom. The van der Waals surface area contributed by atoms with E-state index in [4.69, 9.17) is 4.74 Å². The fourth-order valence-corrected chi connectivity index (χ4v) is 1.46. The van der Waals surface area contributed by atoms with Crippen LogP contribution in [0.4, 0.5) is 5.69 Å². The first-order chi connectivity index (χ1) is 8.54. The van der Waals surface area contributed by atoms with Gasteiger partial charge in [-0.2, -0.15) is 0 Å². The zero-order chi connectivity index (χ0) is 13.5. The number of carbonyl (C=O) groups excluding carboxylic acids is 3. The third-order valence-corrected chi connectivity index (χ3v) is 2.15. The normalized spacial score (nSPS) is 9.67. The molecule has 1 rings (SSSR count). The molecule has 0 aromatic heterocycles. The first-order valence-corrected chi connectivity index (χ1v) is 5.60. The Balaban J connectivity index is 2.84. The molecule has 0 atom stereocenters. The van der Waals surface area contributed by atoms with Crippen LogP contribution in [0.5, 0.6) is 0 Å². The van der Waals surface area contributed by atoms with Gasteiger partial charge in [0.05, 0.1) is 12.3 Å². The number of nitrogens with one attached hydrogen (secondary N) is 1. The van der Waals surface area contributed by atoms with Gasteiger partial charge in [-0.3, -0.25) is 14.4 Å². The lowest BCUT2D eigenvalue weighted by molar-refractivity contribution is -0.141. The maximum atomic E-state index is 11.9. The molecule has 0 spiro atoms. The van der Waals surface area contributed by atoms with Crippen molar-refractivity contribution in [1.29, 1.82) is 0 Å². The predicted molar refractivity (Wildman–Crippen MR) is 66.3 cm³/mol. The van der Waals surface area contributed by atoms with Crippen molar-refractivity contribution in [2.45, 2.75) is 20.3 Å². The van der Waals surface area contributed by atoms with Crippen LogP contribution in [-0.2, 0) is 14.3 Å². The number of rotatable bonds is 5. The summed E-state index contributed by atoms with van der Waals surface area (Å²) in [7, 11) is 0. The van der Waals surface area contributed by atoms with Gasteiger partial charge in [0.2, 0.25) is 5.91 Å². The molecule has 1 aromatic rings. The van der Waals surface area contributed by atoms with Gasteiger partial charge in [0.1, 0.15) is 6.42 Å². The van der Waals surface area contributed by atoms with E-state index in [0.29, 0.717) is 11.3 Å². The van der Waals surface area contributed by atoms with Crippen molar-refractivity contribution in [2.24, 2.45) is 0 Å². The van der Waals surface area contributed by atoms with Crippen molar-refractivity contribution in [3.63, 3.8) is 0 Å². The molecule has 0 aliphatic rings. The molecule has 5 nitrogen and oxygen atoms in total. The standard InChI is InChI=1S/C13H15NO4/c1-3-18-13(17)8-12(16)10-6-4-5-7-11(10)14-9(2)15/h4-7H,3,8H2,1-2H3,(H,14,15). The van der Waals surface area contributed by atoms with Gasteiger partial charge >= 0.3 is 5.97 Å². The molecule has 0 saturated carbocycles. The molecule has 5 heteroatoms. The fraction of sp³-hybridized carbons (Fsp3) is 0.308. The molecule has 1 amide bonds. The van der Waals surface area contributed by atoms with E-state index in [2.05, 4.69) is 5.32 Å². The maximum absolute atomic E-state index is 11.9. The van der Waals surface area contributed by atoms with Gasteiger partial charge in [0.15, 0.2) is 5.78 Å². The third kappa shape index (κ3) is 4.01. The van der Waals surface area contributed by atoms with E-state index in [1.165, 1.54) is 6.92 Å². The number of ether oxygens (including phenoxy) is 1. The fourth-order valence-electron chi connectivity index (χ4n) is 1.46. The summed E-state index contributed by atoms with van der Waals surface area (Å²) in [6.45, 7) is 3.26. The van der Waals surface area contributed by atoms with Crippen LogP contribution in [0.3, 0.4) is 0 Å². The minimum atomic E-state index is -0.569.